The lowest BCUT2D eigenvalue weighted by molar-refractivity contribution is 0.101. The van der Waals surface area contributed by atoms with E-state index in [0.29, 0.717) is 33.5 Å². The lowest BCUT2D eigenvalue weighted by Crippen LogP contribution is -2.04. The molecular weight excluding hydrogens is 1170 g/mol. The van der Waals surface area contributed by atoms with Crippen LogP contribution in [-0.4, -0.2) is 39.4 Å². The minimum Gasteiger partial charge on any atom is -0.398 e. The van der Waals surface area contributed by atoms with Gasteiger partial charge in [-0.2, -0.15) is 0 Å². The number of fused-ring (bicyclic) bond motifs is 3. The van der Waals surface area contributed by atoms with Crippen LogP contribution >= 0.6 is 17.8 Å². The van der Waals surface area contributed by atoms with E-state index in [1.807, 2.05) is 91.0 Å². The zero-order chi connectivity index (χ0) is 64.3. The molecule has 3 heterocycles. The van der Waals surface area contributed by atoms with Crippen molar-refractivity contribution in [1.82, 2.24) is 15.0 Å². The highest BCUT2D eigenvalue weighted by Crippen LogP contribution is 2.40. The van der Waals surface area contributed by atoms with Crippen LogP contribution in [0, 0.1) is 23.3 Å². The average Bonchev–Trinajstić information content (AvgIpc) is 0.979. The van der Waals surface area contributed by atoms with Crippen molar-refractivity contribution in [2.24, 2.45) is 0 Å². The van der Waals surface area contributed by atoms with E-state index in [-0.39, 0.29) is 55.3 Å². The molecule has 2 unspecified atom stereocenters. The minimum atomic E-state index is -0.363. The minimum absolute atomic E-state index is 0.152. The molecule has 3 aromatic heterocycles. The van der Waals surface area contributed by atoms with Gasteiger partial charge in [0.2, 0.25) is 0 Å². The Kier molecular flexibility index (Phi) is 19.1. The van der Waals surface area contributed by atoms with Crippen LogP contribution in [0.3, 0.4) is 0 Å². The number of hydrogen-bond donors (Lipinski definition) is 1. The van der Waals surface area contributed by atoms with Crippen molar-refractivity contribution in [2.75, 3.05) is 5.73 Å². The molecule has 0 bridgehead atoms. The number of carbonyl (C=O) groups is 4. The van der Waals surface area contributed by atoms with Gasteiger partial charge in [-0.3, -0.25) is 19.2 Å². The van der Waals surface area contributed by atoms with E-state index in [0.717, 1.165) is 99.9 Å². The zero-order valence-electron chi connectivity index (χ0n) is 49.8. The predicted molar refractivity (Wildman–Crippen MR) is 361 cm³/mol. The topological polar surface area (TPSA) is 133 Å². The summed E-state index contributed by atoms with van der Waals surface area (Å²) in [5, 5.41) is 2.85. The molecule has 0 radical (unpaired) electrons. The van der Waals surface area contributed by atoms with Gasteiger partial charge >= 0.3 is 0 Å². The van der Waals surface area contributed by atoms with Crippen molar-refractivity contribution in [3.63, 3.8) is 0 Å². The van der Waals surface area contributed by atoms with Crippen molar-refractivity contribution in [2.45, 2.75) is 20.8 Å². The van der Waals surface area contributed by atoms with Gasteiger partial charge in [0.1, 0.15) is 23.3 Å². The van der Waals surface area contributed by atoms with Crippen molar-refractivity contribution >= 4 is 79.3 Å². The van der Waals surface area contributed by atoms with Crippen LogP contribution in [0.4, 0.5) is 23.2 Å². The molecule has 14 heteroatoms. The Bertz CT molecular complexity index is 4450. The second-order valence-electron chi connectivity index (χ2n) is 20.9. The van der Waals surface area contributed by atoms with Gasteiger partial charge in [-0.25, -0.2) is 32.5 Å². The number of anilines is 1. The molecule has 0 saturated carbocycles. The van der Waals surface area contributed by atoms with Gasteiger partial charge in [-0.05, 0) is 200 Å². The third-order valence-corrected chi connectivity index (χ3v) is 14.9. The number of Topliss-reactive ketones (excluding diaryl/α,β-unsaturated/α-hetero) is 3. The highest BCUT2D eigenvalue weighted by molar-refractivity contribution is 7.92. The fourth-order valence-corrected chi connectivity index (χ4v) is 10.3. The highest BCUT2D eigenvalue weighted by Gasteiger charge is 2.19. The molecule has 0 saturated heterocycles. The maximum Gasteiger partial charge on any atom is 0.195 e. The first-order chi connectivity index (χ1) is 43.9. The van der Waals surface area contributed by atoms with Crippen molar-refractivity contribution in [3.05, 3.63) is 300 Å². The molecule has 2 atom stereocenters. The third kappa shape index (κ3) is 14.4. The van der Waals surface area contributed by atoms with Crippen LogP contribution in [0.2, 0.25) is 0 Å². The monoisotopic (exact) mass is 1230 g/mol. The largest absolute Gasteiger partial charge is 0.398 e. The average molecular weight is 1230 g/mol. The Morgan fingerprint density at radius 1 is 0.356 bits per heavy atom. The van der Waals surface area contributed by atoms with Gasteiger partial charge in [-0.1, -0.05) is 103 Å². The van der Waals surface area contributed by atoms with Gasteiger partial charge in [-0.15, -0.1) is 17.8 Å². The Hall–Kier alpha value is -10.5. The van der Waals surface area contributed by atoms with E-state index >= 15 is 0 Å². The summed E-state index contributed by atoms with van der Waals surface area (Å²) in [5.74, 6) is -1.93. The number of hydrogen-bond acceptors (Lipinski definition) is 8. The molecule has 0 fully saturated rings. The van der Waals surface area contributed by atoms with Crippen LogP contribution in [0.5, 0.6) is 0 Å². The Balaban J connectivity index is 0.000000217. The second kappa shape index (κ2) is 28.1. The summed E-state index contributed by atoms with van der Waals surface area (Å²) in [6.45, 7) is 4.22. The predicted octanol–water partition coefficient (Wildman–Crippen LogP) is 19.3. The lowest BCUT2D eigenvalue weighted by atomic mass is 9.93. The molecule has 442 valence electrons. The highest BCUT2D eigenvalue weighted by atomic mass is 32.0. The van der Waals surface area contributed by atoms with E-state index in [4.69, 9.17) is 22.0 Å². The summed E-state index contributed by atoms with van der Waals surface area (Å²) < 4.78 is 61.2. The number of benzene rings is 10. The number of nitrogens with zero attached hydrogens (tertiary/aromatic N) is 3. The van der Waals surface area contributed by atoms with Crippen LogP contribution in [0.1, 0.15) is 67.8 Å². The van der Waals surface area contributed by atoms with Gasteiger partial charge in [0.25, 0.3) is 0 Å². The molecule has 0 aliphatic carbocycles. The van der Waals surface area contributed by atoms with Crippen LogP contribution in [0.25, 0.3) is 99.9 Å². The van der Waals surface area contributed by atoms with Crippen molar-refractivity contribution in [3.8, 4) is 67.2 Å². The molecule has 10 aromatic carbocycles. The maximum atomic E-state index is 14.1. The molecule has 0 spiro atoms. The first-order valence-corrected chi connectivity index (χ1v) is 30.6. The Morgan fingerprint density at radius 2 is 0.633 bits per heavy atom. The van der Waals surface area contributed by atoms with Crippen LogP contribution in [-0.2, 0) is 0 Å². The fraction of sp³-hybridized carbons (Fsp3) is 0.0395. The van der Waals surface area contributed by atoms with E-state index in [9.17, 15) is 36.7 Å². The summed E-state index contributed by atoms with van der Waals surface area (Å²) in [4.78, 5) is 61.0. The second-order valence-corrected chi connectivity index (χ2v) is 20.9. The van der Waals surface area contributed by atoms with E-state index in [1.165, 1.54) is 99.6 Å². The Morgan fingerprint density at radius 3 is 0.933 bits per heavy atom. The number of ketones is 4. The maximum absolute atomic E-state index is 14.1. The van der Waals surface area contributed by atoms with Gasteiger partial charge < -0.3 is 5.73 Å². The summed E-state index contributed by atoms with van der Waals surface area (Å²) in [6, 6.07) is 72.5. The SMILES string of the molecule is CC(=O)c1cc(C(C)=O)cc(C(C)=O)c1.Fc1ccc(-c2cc(-c3cc(-c4cc(-c5ccc(F)cc5)c5ccccc5n4)cc(-c4cc(-c5ccc(F)cc5)c5ccccc5n4)c3)nc3ccccc23)cc1.Nc1ccccc1C(=O)c1ccc(F)cc1.[2H]PP. The van der Waals surface area contributed by atoms with Gasteiger partial charge in [0, 0.05) is 66.4 Å². The zero-order valence-corrected chi connectivity index (χ0v) is 51.0. The first-order valence-electron chi connectivity index (χ1n) is 28.8. The third-order valence-electron chi connectivity index (χ3n) is 14.9. The smallest absolute Gasteiger partial charge is 0.195 e. The number of aromatic nitrogens is 3. The van der Waals surface area contributed by atoms with E-state index < -0.39 is 0 Å². The molecule has 13 rings (SSSR count). The molecule has 0 aliphatic heterocycles. The molecule has 90 heavy (non-hydrogen) atoms. The van der Waals surface area contributed by atoms with E-state index in [2.05, 4.69) is 27.1 Å². The number of pyridine rings is 3. The number of nitrogen functional groups attached to an aromatic ring is 1. The summed E-state index contributed by atoms with van der Waals surface area (Å²) in [6.07, 6.45) is 0. The lowest BCUT2D eigenvalue weighted by Gasteiger charge is -2.16. The quantitative estimate of drug-likeness (QED) is 0.0586. The Labute approximate surface area is 523 Å². The molecule has 13 aromatic rings. The molecule has 0 amide bonds. The first kappa shape index (κ1) is 61.1. The van der Waals surface area contributed by atoms with E-state index in [1.54, 1.807) is 60.7 Å². The summed E-state index contributed by atoms with van der Waals surface area (Å²) in [5.41, 5.74) is 20.6. The number of rotatable bonds is 11. The number of nitrogens with two attached hydrogens (primary N) is 1. The molecule has 8 nitrogen and oxygen atoms in total. The van der Waals surface area contributed by atoms with Crippen LogP contribution in [0.15, 0.2) is 249 Å². The van der Waals surface area contributed by atoms with Crippen molar-refractivity contribution in [1.29, 1.82) is 1.28 Å². The molecule has 2 N–H and O–H groups in total. The molecule has 0 aliphatic rings. The van der Waals surface area contributed by atoms with Gasteiger partial charge in [0.15, 0.2) is 23.1 Å². The summed E-state index contributed by atoms with van der Waals surface area (Å²) in [7, 11) is 2.52. The fourth-order valence-electron chi connectivity index (χ4n) is 10.3. The molecular formula is C76H56F4N4O4P2. The van der Waals surface area contributed by atoms with Crippen molar-refractivity contribution < 1.29 is 36.7 Å². The standard InChI is InChI=1S/C51H30F3N3.C13H10FNO.C12H12O3.H4P2/c52-37-19-13-31(14-20-37)43-28-49(55-46-10-4-1-7-40(43)46)34-25-35(50-29-44(32-15-21-38(53)22-16-32)41-8-2-5-11-47(41)56-50)27-36(26-34)51-30-45(33-17-23-39(54)24-18-33)42-9-3-6-12-48(42)57-51;14-10-7-5-9(6-8-10)13(16)11-3-1-2-4-12(11)15;1-7(13)10-4-11(8(2)14)6-12(5-10)9(3)15;1-2/h1-30H;1-8H,15H2;4-6H,1-3H3;1-2H2/i;;;1D. The number of halogens is 4. The van der Waals surface area contributed by atoms with Crippen LogP contribution < -0.4 is 5.73 Å². The summed E-state index contributed by atoms with van der Waals surface area (Å²) >= 11 is 0. The van der Waals surface area contributed by atoms with Gasteiger partial charge in [0.05, 0.1) is 34.9 Å². The number of carbonyl (C=O) groups excluding carboxylic acids is 4. The number of para-hydroxylation sites is 4. The normalized spacial score (nSPS) is 11.0.